The Hall–Kier alpha value is -2.54. The molecule has 2 aliphatic rings. The summed E-state index contributed by atoms with van der Waals surface area (Å²) in [7, 11) is 0. The minimum atomic E-state index is -0.170. The molecule has 142 valence electrons. The Morgan fingerprint density at radius 2 is 1.78 bits per heavy atom. The summed E-state index contributed by atoms with van der Waals surface area (Å²) >= 11 is 0. The van der Waals surface area contributed by atoms with Gasteiger partial charge >= 0.3 is 0 Å². The molecular weight excluding hydrogens is 345 g/mol. The molecule has 7 heteroatoms. The Balaban J connectivity index is 1.27. The molecule has 1 atom stereocenters. The van der Waals surface area contributed by atoms with Gasteiger partial charge in [0.1, 0.15) is 5.82 Å². The number of rotatable bonds is 4. The van der Waals surface area contributed by atoms with E-state index in [1.807, 2.05) is 23.1 Å². The van der Waals surface area contributed by atoms with E-state index in [-0.39, 0.29) is 17.6 Å². The van der Waals surface area contributed by atoms with Crippen LogP contribution in [0.2, 0.25) is 0 Å². The van der Waals surface area contributed by atoms with Gasteiger partial charge in [-0.05, 0) is 24.1 Å². The van der Waals surface area contributed by atoms with E-state index in [1.165, 1.54) is 6.07 Å². The van der Waals surface area contributed by atoms with Crippen LogP contribution >= 0.6 is 0 Å². The zero-order valence-electron chi connectivity index (χ0n) is 15.3. The molecule has 0 spiro atoms. The Bertz CT molecular complexity index is 779. The van der Waals surface area contributed by atoms with Crippen molar-refractivity contribution in [3.63, 3.8) is 0 Å². The number of halogens is 1. The van der Waals surface area contributed by atoms with E-state index in [0.29, 0.717) is 19.6 Å². The molecule has 0 radical (unpaired) electrons. The number of benzene rings is 1. The second-order valence-corrected chi connectivity index (χ2v) is 7.16. The van der Waals surface area contributed by atoms with E-state index < -0.39 is 0 Å². The van der Waals surface area contributed by atoms with Crippen LogP contribution in [0.15, 0.2) is 42.7 Å². The number of likely N-dealkylation sites (tertiary alicyclic amines) is 1. The van der Waals surface area contributed by atoms with Crippen LogP contribution in [-0.4, -0.2) is 71.5 Å². The molecule has 1 aromatic carbocycles. The quantitative estimate of drug-likeness (QED) is 0.822. The highest BCUT2D eigenvalue weighted by atomic mass is 19.1. The maximum atomic E-state index is 14.0. The molecule has 2 saturated heterocycles. The second kappa shape index (κ2) is 8.00. The van der Waals surface area contributed by atoms with Crippen molar-refractivity contribution in [1.82, 2.24) is 19.8 Å². The standard InChI is InChI=1S/C20H24FN5O/c21-18-5-2-1-4-17(18)16-6-9-26(14-16)19(27)15-24-10-12-25(13-11-24)20-22-7-3-8-23-20/h1-5,7-8,16H,6,9-15H2. The summed E-state index contributed by atoms with van der Waals surface area (Å²) < 4.78 is 14.0. The minimum absolute atomic E-state index is 0.0993. The van der Waals surface area contributed by atoms with Crippen LogP contribution in [0.5, 0.6) is 0 Å². The molecule has 1 unspecified atom stereocenters. The predicted molar refractivity (Wildman–Crippen MR) is 101 cm³/mol. The van der Waals surface area contributed by atoms with Gasteiger partial charge in [-0.1, -0.05) is 18.2 Å². The van der Waals surface area contributed by atoms with Crippen molar-refractivity contribution in [2.45, 2.75) is 12.3 Å². The molecule has 2 aromatic rings. The third-order valence-corrected chi connectivity index (χ3v) is 5.45. The normalized spacial score (nSPS) is 20.9. The molecule has 0 aliphatic carbocycles. The maximum Gasteiger partial charge on any atom is 0.236 e. The molecule has 0 N–H and O–H groups in total. The van der Waals surface area contributed by atoms with Gasteiger partial charge < -0.3 is 9.80 Å². The van der Waals surface area contributed by atoms with Crippen LogP contribution in [-0.2, 0) is 4.79 Å². The molecule has 0 saturated carbocycles. The lowest BCUT2D eigenvalue weighted by Gasteiger charge is -2.34. The SMILES string of the molecule is O=C(CN1CCN(c2ncccn2)CC1)N1CCC(c2ccccc2F)C1. The van der Waals surface area contributed by atoms with E-state index in [2.05, 4.69) is 19.8 Å². The van der Waals surface area contributed by atoms with Crippen molar-refractivity contribution in [1.29, 1.82) is 0 Å². The van der Waals surface area contributed by atoms with Crippen molar-refractivity contribution in [3.8, 4) is 0 Å². The Kier molecular flexibility index (Phi) is 5.29. The maximum absolute atomic E-state index is 14.0. The highest BCUT2D eigenvalue weighted by Gasteiger charge is 2.30. The van der Waals surface area contributed by atoms with Crippen LogP contribution in [0.4, 0.5) is 10.3 Å². The summed E-state index contributed by atoms with van der Waals surface area (Å²) in [5.74, 6) is 0.812. The summed E-state index contributed by atoms with van der Waals surface area (Å²) in [6.45, 7) is 4.99. The van der Waals surface area contributed by atoms with Crippen LogP contribution in [0, 0.1) is 5.82 Å². The number of piperazine rings is 1. The zero-order valence-corrected chi connectivity index (χ0v) is 15.3. The molecule has 27 heavy (non-hydrogen) atoms. The van der Waals surface area contributed by atoms with Crippen LogP contribution in [0.25, 0.3) is 0 Å². The first kappa shape index (κ1) is 17.9. The van der Waals surface area contributed by atoms with E-state index in [0.717, 1.165) is 44.1 Å². The van der Waals surface area contributed by atoms with Crippen LogP contribution < -0.4 is 4.90 Å². The lowest BCUT2D eigenvalue weighted by molar-refractivity contribution is -0.131. The summed E-state index contributed by atoms with van der Waals surface area (Å²) in [6, 6.07) is 8.70. The highest BCUT2D eigenvalue weighted by Crippen LogP contribution is 2.29. The Morgan fingerprint density at radius 3 is 2.52 bits per heavy atom. The molecule has 1 aromatic heterocycles. The first-order valence-electron chi connectivity index (χ1n) is 9.47. The van der Waals surface area contributed by atoms with Gasteiger partial charge in [-0.2, -0.15) is 0 Å². The summed E-state index contributed by atoms with van der Waals surface area (Å²) in [5.41, 5.74) is 0.726. The fourth-order valence-electron chi connectivity index (χ4n) is 3.90. The van der Waals surface area contributed by atoms with Gasteiger partial charge in [0.15, 0.2) is 0 Å². The smallest absolute Gasteiger partial charge is 0.236 e. The van der Waals surface area contributed by atoms with Gasteiger partial charge in [0, 0.05) is 57.6 Å². The van der Waals surface area contributed by atoms with E-state index in [9.17, 15) is 9.18 Å². The molecule has 6 nitrogen and oxygen atoms in total. The molecule has 3 heterocycles. The summed E-state index contributed by atoms with van der Waals surface area (Å²) in [4.78, 5) is 27.5. The topological polar surface area (TPSA) is 52.6 Å². The third kappa shape index (κ3) is 4.08. The van der Waals surface area contributed by atoms with Crippen molar-refractivity contribution < 1.29 is 9.18 Å². The van der Waals surface area contributed by atoms with Crippen molar-refractivity contribution >= 4 is 11.9 Å². The molecule has 2 aliphatic heterocycles. The second-order valence-electron chi connectivity index (χ2n) is 7.16. The summed E-state index contributed by atoms with van der Waals surface area (Å²) in [6.07, 6.45) is 4.32. The third-order valence-electron chi connectivity index (χ3n) is 5.45. The number of hydrogen-bond acceptors (Lipinski definition) is 5. The predicted octanol–water partition coefficient (Wildman–Crippen LogP) is 1.75. The van der Waals surface area contributed by atoms with Crippen LogP contribution in [0.3, 0.4) is 0 Å². The van der Waals surface area contributed by atoms with Gasteiger partial charge in [-0.25, -0.2) is 14.4 Å². The fraction of sp³-hybridized carbons (Fsp3) is 0.450. The number of carbonyl (C=O) groups is 1. The molecule has 4 rings (SSSR count). The van der Waals surface area contributed by atoms with Crippen LogP contribution in [0.1, 0.15) is 17.9 Å². The van der Waals surface area contributed by atoms with E-state index in [4.69, 9.17) is 0 Å². The number of amides is 1. The van der Waals surface area contributed by atoms with Crippen molar-refractivity contribution in [2.75, 3.05) is 50.7 Å². The largest absolute Gasteiger partial charge is 0.341 e. The number of carbonyl (C=O) groups excluding carboxylic acids is 1. The van der Waals surface area contributed by atoms with Crippen molar-refractivity contribution in [2.24, 2.45) is 0 Å². The lowest BCUT2D eigenvalue weighted by atomic mass is 9.98. The Morgan fingerprint density at radius 1 is 1.04 bits per heavy atom. The van der Waals surface area contributed by atoms with E-state index >= 15 is 0 Å². The fourth-order valence-corrected chi connectivity index (χ4v) is 3.90. The van der Waals surface area contributed by atoms with Gasteiger partial charge in [-0.3, -0.25) is 9.69 Å². The number of anilines is 1. The molecule has 1 amide bonds. The number of hydrogen-bond donors (Lipinski definition) is 0. The van der Waals surface area contributed by atoms with Gasteiger partial charge in [-0.15, -0.1) is 0 Å². The highest BCUT2D eigenvalue weighted by molar-refractivity contribution is 5.78. The average molecular weight is 369 g/mol. The van der Waals surface area contributed by atoms with Gasteiger partial charge in [0.25, 0.3) is 0 Å². The number of nitrogens with zero attached hydrogens (tertiary/aromatic N) is 5. The first-order chi connectivity index (χ1) is 13.2. The Labute approximate surface area is 158 Å². The van der Waals surface area contributed by atoms with E-state index in [1.54, 1.807) is 18.5 Å². The zero-order chi connectivity index (χ0) is 18.6. The van der Waals surface area contributed by atoms with Gasteiger partial charge in [0.05, 0.1) is 6.54 Å². The monoisotopic (exact) mass is 369 g/mol. The molecular formula is C20H24FN5O. The minimum Gasteiger partial charge on any atom is -0.341 e. The summed E-state index contributed by atoms with van der Waals surface area (Å²) in [5, 5.41) is 0. The first-order valence-corrected chi connectivity index (χ1v) is 9.47. The average Bonchev–Trinajstić information content (AvgIpc) is 3.20. The van der Waals surface area contributed by atoms with Gasteiger partial charge in [0.2, 0.25) is 11.9 Å². The number of aromatic nitrogens is 2. The lowest BCUT2D eigenvalue weighted by Crippen LogP contribution is -2.50. The van der Waals surface area contributed by atoms with Crippen molar-refractivity contribution in [3.05, 3.63) is 54.1 Å². The molecule has 2 fully saturated rings. The molecule has 0 bridgehead atoms.